The van der Waals surface area contributed by atoms with E-state index in [0.29, 0.717) is 5.92 Å². The van der Waals surface area contributed by atoms with E-state index in [9.17, 15) is 0 Å². The molecular weight excluding hydrogens is 240 g/mol. The van der Waals surface area contributed by atoms with Gasteiger partial charge < -0.3 is 0 Å². The summed E-state index contributed by atoms with van der Waals surface area (Å²) < 4.78 is 0. The van der Waals surface area contributed by atoms with Crippen molar-refractivity contribution < 1.29 is 0 Å². The summed E-state index contributed by atoms with van der Waals surface area (Å²) in [5.74, 6) is 0.512. The van der Waals surface area contributed by atoms with Crippen LogP contribution >= 0.6 is 0 Å². The molecule has 3 aromatic rings. The van der Waals surface area contributed by atoms with Crippen LogP contribution in [0.4, 0.5) is 0 Å². The molecule has 3 aromatic carbocycles. The van der Waals surface area contributed by atoms with Gasteiger partial charge in [-0.25, -0.2) is 0 Å². The Bertz CT molecular complexity index is 706. The number of rotatable bonds is 1. The molecule has 0 fully saturated rings. The molecule has 0 N–H and O–H groups in total. The largest absolute Gasteiger partial charge is 0.0616 e. The van der Waals surface area contributed by atoms with Gasteiger partial charge in [0, 0.05) is 0 Å². The van der Waals surface area contributed by atoms with Gasteiger partial charge in [-0.2, -0.15) is 0 Å². The lowest BCUT2D eigenvalue weighted by molar-refractivity contribution is 0.343. The molecule has 1 atom stereocenters. The predicted molar refractivity (Wildman–Crippen MR) is 89.3 cm³/mol. The Kier molecular flexibility index (Phi) is 3.05. The average Bonchev–Trinajstić information content (AvgIpc) is 2.43. The molecular formula is C20H22. The highest BCUT2D eigenvalue weighted by Gasteiger charge is 2.24. The van der Waals surface area contributed by atoms with E-state index < -0.39 is 0 Å². The zero-order chi connectivity index (χ0) is 14.3. The second kappa shape index (κ2) is 4.63. The summed E-state index contributed by atoms with van der Waals surface area (Å²) in [5.41, 5.74) is 1.75. The topological polar surface area (TPSA) is 0 Å². The maximum atomic E-state index is 2.36. The molecule has 0 bridgehead atoms. The van der Waals surface area contributed by atoms with Crippen LogP contribution in [-0.4, -0.2) is 0 Å². The van der Waals surface area contributed by atoms with Gasteiger partial charge in [0.2, 0.25) is 0 Å². The van der Waals surface area contributed by atoms with Gasteiger partial charge in [-0.3, -0.25) is 0 Å². The van der Waals surface area contributed by atoms with Crippen LogP contribution in [0.2, 0.25) is 0 Å². The quantitative estimate of drug-likeness (QED) is 0.462. The highest BCUT2D eigenvalue weighted by Crippen LogP contribution is 2.41. The van der Waals surface area contributed by atoms with E-state index in [4.69, 9.17) is 0 Å². The van der Waals surface area contributed by atoms with Crippen LogP contribution < -0.4 is 0 Å². The Labute approximate surface area is 121 Å². The van der Waals surface area contributed by atoms with E-state index in [1.807, 2.05) is 0 Å². The van der Waals surface area contributed by atoms with Gasteiger partial charge >= 0.3 is 0 Å². The molecule has 0 saturated carbocycles. The molecule has 0 aliphatic heterocycles. The molecule has 0 nitrogen and oxygen atoms in total. The van der Waals surface area contributed by atoms with E-state index in [0.717, 1.165) is 0 Å². The van der Waals surface area contributed by atoms with E-state index in [1.165, 1.54) is 27.1 Å². The summed E-state index contributed by atoms with van der Waals surface area (Å²) in [4.78, 5) is 0. The Morgan fingerprint density at radius 3 is 1.65 bits per heavy atom. The van der Waals surface area contributed by atoms with Gasteiger partial charge in [-0.15, -0.1) is 0 Å². The Morgan fingerprint density at radius 1 is 0.750 bits per heavy atom. The molecule has 20 heavy (non-hydrogen) atoms. The van der Waals surface area contributed by atoms with Gasteiger partial charge in [-0.1, -0.05) is 76.2 Å². The Hall–Kier alpha value is -1.82. The van der Waals surface area contributed by atoms with Crippen molar-refractivity contribution in [3.8, 4) is 0 Å². The fourth-order valence-corrected chi connectivity index (χ4v) is 2.95. The Balaban J connectivity index is 2.45. The van der Waals surface area contributed by atoms with Crippen molar-refractivity contribution in [2.75, 3.05) is 0 Å². The van der Waals surface area contributed by atoms with Crippen molar-refractivity contribution >= 4 is 21.5 Å². The maximum absolute atomic E-state index is 2.36. The molecule has 0 radical (unpaired) electrons. The molecule has 0 saturated heterocycles. The highest BCUT2D eigenvalue weighted by atomic mass is 14.3. The third kappa shape index (κ3) is 2.10. The molecule has 0 aromatic heterocycles. The summed E-state index contributed by atoms with van der Waals surface area (Å²) in [6, 6.07) is 19.8. The van der Waals surface area contributed by atoms with Crippen LogP contribution in [0.1, 0.15) is 39.2 Å². The van der Waals surface area contributed by atoms with Crippen molar-refractivity contribution in [1.29, 1.82) is 0 Å². The zero-order valence-corrected chi connectivity index (χ0v) is 12.8. The lowest BCUT2D eigenvalue weighted by Crippen LogP contribution is -2.16. The predicted octanol–water partition coefficient (Wildman–Crippen LogP) is 6.14. The minimum atomic E-state index is 0.257. The Morgan fingerprint density at radius 2 is 1.20 bits per heavy atom. The summed E-state index contributed by atoms with van der Waals surface area (Å²) in [5, 5.41) is 5.48. The SMILES string of the molecule is CC(c1c2ccccc2cc2ccccc12)C(C)(C)C. The second-order valence-corrected chi connectivity index (χ2v) is 6.82. The fraction of sp³-hybridized carbons (Fsp3) is 0.300. The molecule has 0 heteroatoms. The van der Waals surface area contributed by atoms with Gasteiger partial charge in [0.25, 0.3) is 0 Å². The summed E-state index contributed by atoms with van der Waals surface area (Å²) in [7, 11) is 0. The van der Waals surface area contributed by atoms with E-state index >= 15 is 0 Å². The minimum absolute atomic E-state index is 0.257. The molecule has 0 aliphatic rings. The van der Waals surface area contributed by atoms with E-state index in [2.05, 4.69) is 82.3 Å². The van der Waals surface area contributed by atoms with Crippen LogP contribution in [0.3, 0.4) is 0 Å². The van der Waals surface area contributed by atoms with Crippen molar-refractivity contribution in [3.05, 3.63) is 60.2 Å². The molecule has 0 spiro atoms. The summed E-state index contributed by atoms with van der Waals surface area (Å²) in [6.45, 7) is 9.34. The smallest absolute Gasteiger partial charge is 0.0129 e. The van der Waals surface area contributed by atoms with Crippen molar-refractivity contribution in [3.63, 3.8) is 0 Å². The van der Waals surface area contributed by atoms with E-state index in [-0.39, 0.29) is 5.41 Å². The van der Waals surface area contributed by atoms with Gasteiger partial charge in [0.05, 0.1) is 0 Å². The lowest BCUT2D eigenvalue weighted by Gasteiger charge is -2.30. The average molecular weight is 262 g/mol. The summed E-state index contributed by atoms with van der Waals surface area (Å²) >= 11 is 0. The third-order valence-corrected chi connectivity index (χ3v) is 4.54. The van der Waals surface area contributed by atoms with Gasteiger partial charge in [0.15, 0.2) is 0 Å². The van der Waals surface area contributed by atoms with Crippen LogP contribution in [0.15, 0.2) is 54.6 Å². The minimum Gasteiger partial charge on any atom is -0.0616 e. The van der Waals surface area contributed by atoms with Crippen LogP contribution in [0.25, 0.3) is 21.5 Å². The molecule has 1 unspecified atom stereocenters. The first-order chi connectivity index (χ1) is 9.48. The number of hydrogen-bond acceptors (Lipinski definition) is 0. The molecule has 3 rings (SSSR count). The summed E-state index contributed by atoms with van der Waals surface area (Å²) in [6.07, 6.45) is 0. The monoisotopic (exact) mass is 262 g/mol. The molecule has 0 aliphatic carbocycles. The number of hydrogen-bond donors (Lipinski definition) is 0. The molecule has 102 valence electrons. The lowest BCUT2D eigenvalue weighted by atomic mass is 9.75. The van der Waals surface area contributed by atoms with Crippen molar-refractivity contribution in [1.82, 2.24) is 0 Å². The first-order valence-corrected chi connectivity index (χ1v) is 7.39. The third-order valence-electron chi connectivity index (χ3n) is 4.54. The number of benzene rings is 3. The van der Waals surface area contributed by atoms with Crippen LogP contribution in [0.5, 0.6) is 0 Å². The van der Waals surface area contributed by atoms with Crippen molar-refractivity contribution in [2.45, 2.75) is 33.6 Å². The first kappa shape index (κ1) is 13.2. The van der Waals surface area contributed by atoms with Crippen molar-refractivity contribution in [2.24, 2.45) is 5.41 Å². The number of fused-ring (bicyclic) bond motifs is 2. The van der Waals surface area contributed by atoms with Crippen LogP contribution in [-0.2, 0) is 0 Å². The normalized spacial score (nSPS) is 13.8. The van der Waals surface area contributed by atoms with E-state index in [1.54, 1.807) is 0 Å². The highest BCUT2D eigenvalue weighted by molar-refractivity contribution is 6.02. The fourth-order valence-electron chi connectivity index (χ4n) is 2.95. The van der Waals surface area contributed by atoms with Gasteiger partial charge in [-0.05, 0) is 44.5 Å². The zero-order valence-electron chi connectivity index (χ0n) is 12.8. The first-order valence-electron chi connectivity index (χ1n) is 7.39. The molecule has 0 heterocycles. The maximum Gasteiger partial charge on any atom is -0.0129 e. The second-order valence-electron chi connectivity index (χ2n) is 6.82. The van der Waals surface area contributed by atoms with Crippen LogP contribution in [0, 0.1) is 5.41 Å². The van der Waals surface area contributed by atoms with Gasteiger partial charge in [0.1, 0.15) is 0 Å². The standard InChI is InChI=1S/C20H22/c1-14(20(2,3)4)19-17-11-7-5-9-15(17)13-16-10-6-8-12-18(16)19/h5-14H,1-4H3. The molecule has 0 amide bonds.